The zero-order valence-corrected chi connectivity index (χ0v) is 15.4. The Bertz CT molecular complexity index is 369. The second-order valence-electron chi connectivity index (χ2n) is 5.87. The van der Waals surface area contributed by atoms with E-state index in [2.05, 4.69) is 43.3 Å². The summed E-state index contributed by atoms with van der Waals surface area (Å²) in [5.74, 6) is 1.74. The standard InChI is InChI=1S/C15H27N3O.HI/c1-5-16-14(17-10-7-9-15(2,3)4)18-12-13-8-6-11-19-13;/h6,8,11H,5,7,9-10,12H2,1-4H3,(H2,16,17,18);1H. The Labute approximate surface area is 139 Å². The average molecular weight is 393 g/mol. The molecule has 5 heteroatoms. The van der Waals surface area contributed by atoms with Gasteiger partial charge >= 0.3 is 0 Å². The van der Waals surface area contributed by atoms with Crippen molar-refractivity contribution in [1.82, 2.24) is 10.6 Å². The van der Waals surface area contributed by atoms with Gasteiger partial charge in [0.25, 0.3) is 0 Å². The quantitative estimate of drug-likeness (QED) is 0.335. The first-order valence-electron chi connectivity index (χ1n) is 7.06. The third-order valence-corrected chi connectivity index (χ3v) is 2.71. The molecule has 20 heavy (non-hydrogen) atoms. The lowest BCUT2D eigenvalue weighted by Crippen LogP contribution is -2.38. The lowest BCUT2D eigenvalue weighted by molar-refractivity contribution is 0.365. The van der Waals surface area contributed by atoms with Crippen molar-refractivity contribution in [2.24, 2.45) is 10.4 Å². The molecular formula is C15H28IN3O. The van der Waals surface area contributed by atoms with Crippen LogP contribution in [0.5, 0.6) is 0 Å². The first-order valence-corrected chi connectivity index (χ1v) is 7.06. The molecule has 0 aromatic carbocycles. The van der Waals surface area contributed by atoms with Crippen LogP contribution in [0.2, 0.25) is 0 Å². The van der Waals surface area contributed by atoms with E-state index in [1.165, 1.54) is 6.42 Å². The lowest BCUT2D eigenvalue weighted by atomic mass is 9.91. The van der Waals surface area contributed by atoms with E-state index in [1.54, 1.807) is 6.26 Å². The van der Waals surface area contributed by atoms with Crippen LogP contribution in [-0.2, 0) is 6.54 Å². The van der Waals surface area contributed by atoms with E-state index in [0.717, 1.165) is 31.2 Å². The van der Waals surface area contributed by atoms with Gasteiger partial charge in [0, 0.05) is 13.1 Å². The molecule has 0 radical (unpaired) electrons. The molecule has 1 aromatic heterocycles. The number of guanidine groups is 1. The molecular weight excluding hydrogens is 365 g/mol. The Kier molecular flexibility index (Phi) is 9.71. The third kappa shape index (κ3) is 9.23. The Morgan fingerprint density at radius 3 is 2.60 bits per heavy atom. The molecule has 4 nitrogen and oxygen atoms in total. The summed E-state index contributed by atoms with van der Waals surface area (Å²) in [6, 6.07) is 3.82. The van der Waals surface area contributed by atoms with Crippen LogP contribution in [0.15, 0.2) is 27.8 Å². The van der Waals surface area contributed by atoms with Gasteiger partial charge in [0.2, 0.25) is 0 Å². The van der Waals surface area contributed by atoms with Crippen LogP contribution in [0.25, 0.3) is 0 Å². The highest BCUT2D eigenvalue weighted by Gasteiger charge is 2.09. The second kappa shape index (κ2) is 10.1. The number of nitrogens with one attached hydrogen (secondary N) is 2. The van der Waals surface area contributed by atoms with Gasteiger partial charge in [0.15, 0.2) is 5.96 Å². The van der Waals surface area contributed by atoms with Gasteiger partial charge < -0.3 is 15.1 Å². The van der Waals surface area contributed by atoms with Gasteiger partial charge in [-0.3, -0.25) is 0 Å². The zero-order chi connectivity index (χ0) is 14.1. The summed E-state index contributed by atoms with van der Waals surface area (Å²) in [5, 5.41) is 6.59. The number of halogens is 1. The Morgan fingerprint density at radius 1 is 1.30 bits per heavy atom. The highest BCUT2D eigenvalue weighted by molar-refractivity contribution is 14.0. The Balaban J connectivity index is 0.00000361. The number of furan rings is 1. The van der Waals surface area contributed by atoms with Gasteiger partial charge in [0.1, 0.15) is 12.3 Å². The summed E-state index contributed by atoms with van der Waals surface area (Å²) >= 11 is 0. The smallest absolute Gasteiger partial charge is 0.191 e. The summed E-state index contributed by atoms with van der Waals surface area (Å²) in [5.41, 5.74) is 0.394. The zero-order valence-electron chi connectivity index (χ0n) is 13.0. The minimum Gasteiger partial charge on any atom is -0.467 e. The molecule has 1 rings (SSSR count). The van der Waals surface area contributed by atoms with E-state index in [9.17, 15) is 0 Å². The van der Waals surface area contributed by atoms with Crippen molar-refractivity contribution in [1.29, 1.82) is 0 Å². The third-order valence-electron chi connectivity index (χ3n) is 2.71. The molecule has 0 aliphatic heterocycles. The maximum atomic E-state index is 5.27. The van der Waals surface area contributed by atoms with E-state index in [4.69, 9.17) is 4.42 Å². The van der Waals surface area contributed by atoms with E-state index in [1.807, 2.05) is 12.1 Å². The molecule has 1 aromatic rings. The molecule has 0 bridgehead atoms. The van der Waals surface area contributed by atoms with Crippen molar-refractivity contribution < 1.29 is 4.42 Å². The van der Waals surface area contributed by atoms with Crippen molar-refractivity contribution in [2.75, 3.05) is 13.1 Å². The molecule has 116 valence electrons. The van der Waals surface area contributed by atoms with Crippen molar-refractivity contribution in [2.45, 2.75) is 47.1 Å². The molecule has 0 amide bonds. The van der Waals surface area contributed by atoms with Crippen LogP contribution in [0.4, 0.5) is 0 Å². The molecule has 0 aliphatic carbocycles. The van der Waals surface area contributed by atoms with E-state index in [-0.39, 0.29) is 24.0 Å². The van der Waals surface area contributed by atoms with Crippen molar-refractivity contribution in [3.63, 3.8) is 0 Å². The Hall–Kier alpha value is -0.720. The topological polar surface area (TPSA) is 49.6 Å². The molecule has 0 atom stereocenters. The van der Waals surface area contributed by atoms with Crippen molar-refractivity contribution in [3.8, 4) is 0 Å². The first-order chi connectivity index (χ1) is 9.01. The molecule has 0 aliphatic rings. The fraction of sp³-hybridized carbons (Fsp3) is 0.667. The van der Waals surface area contributed by atoms with Crippen molar-refractivity contribution in [3.05, 3.63) is 24.2 Å². The van der Waals surface area contributed by atoms with Gasteiger partial charge in [-0.25, -0.2) is 4.99 Å². The van der Waals surface area contributed by atoms with Gasteiger partial charge in [-0.05, 0) is 37.3 Å². The van der Waals surface area contributed by atoms with E-state index in [0.29, 0.717) is 12.0 Å². The molecule has 1 heterocycles. The molecule has 0 unspecified atom stereocenters. The maximum absolute atomic E-state index is 5.27. The Morgan fingerprint density at radius 2 is 2.05 bits per heavy atom. The minimum absolute atomic E-state index is 0. The fourth-order valence-corrected chi connectivity index (χ4v) is 1.73. The van der Waals surface area contributed by atoms with Crippen LogP contribution < -0.4 is 10.6 Å². The number of aliphatic imine (C=N–C) groups is 1. The average Bonchev–Trinajstić information content (AvgIpc) is 2.83. The van der Waals surface area contributed by atoms with Crippen LogP contribution in [0.3, 0.4) is 0 Å². The first kappa shape index (κ1) is 19.3. The lowest BCUT2D eigenvalue weighted by Gasteiger charge is -2.18. The summed E-state index contributed by atoms with van der Waals surface area (Å²) in [4.78, 5) is 4.49. The normalized spacial score (nSPS) is 11.9. The van der Waals surface area contributed by atoms with Gasteiger partial charge in [-0.2, -0.15) is 0 Å². The highest BCUT2D eigenvalue weighted by atomic mass is 127. The molecule has 0 saturated carbocycles. The van der Waals surface area contributed by atoms with Crippen molar-refractivity contribution >= 4 is 29.9 Å². The summed E-state index contributed by atoms with van der Waals surface area (Å²) in [6.45, 7) is 11.3. The van der Waals surface area contributed by atoms with Crippen LogP contribution in [-0.4, -0.2) is 19.0 Å². The monoisotopic (exact) mass is 393 g/mol. The fourth-order valence-electron chi connectivity index (χ4n) is 1.73. The van der Waals surface area contributed by atoms with Crippen LogP contribution >= 0.6 is 24.0 Å². The largest absolute Gasteiger partial charge is 0.467 e. The maximum Gasteiger partial charge on any atom is 0.191 e. The number of hydrogen-bond acceptors (Lipinski definition) is 2. The minimum atomic E-state index is 0. The molecule has 0 saturated heterocycles. The molecule has 2 N–H and O–H groups in total. The highest BCUT2D eigenvalue weighted by Crippen LogP contribution is 2.19. The number of nitrogens with zero attached hydrogens (tertiary/aromatic N) is 1. The second-order valence-corrected chi connectivity index (χ2v) is 5.87. The van der Waals surface area contributed by atoms with Crippen LogP contribution in [0.1, 0.15) is 46.3 Å². The summed E-state index contributed by atoms with van der Waals surface area (Å²) < 4.78 is 5.27. The van der Waals surface area contributed by atoms with Crippen LogP contribution in [0, 0.1) is 5.41 Å². The van der Waals surface area contributed by atoms with Gasteiger partial charge in [-0.1, -0.05) is 20.8 Å². The van der Waals surface area contributed by atoms with E-state index >= 15 is 0 Å². The number of hydrogen-bond donors (Lipinski definition) is 2. The predicted octanol–water partition coefficient (Wildman–Crippen LogP) is 3.78. The van der Waals surface area contributed by atoms with E-state index < -0.39 is 0 Å². The summed E-state index contributed by atoms with van der Waals surface area (Å²) in [7, 11) is 0. The van der Waals surface area contributed by atoms with Gasteiger partial charge in [0.05, 0.1) is 6.26 Å². The summed E-state index contributed by atoms with van der Waals surface area (Å²) in [6.07, 6.45) is 4.03. The number of rotatable bonds is 6. The molecule has 0 spiro atoms. The predicted molar refractivity (Wildman–Crippen MR) is 95.6 cm³/mol. The SMILES string of the molecule is CCNC(=NCc1ccco1)NCCCC(C)(C)C.I. The molecule has 0 fully saturated rings. The van der Waals surface area contributed by atoms with Gasteiger partial charge in [-0.15, -0.1) is 24.0 Å².